The van der Waals surface area contributed by atoms with Gasteiger partial charge in [-0.1, -0.05) is 26.0 Å². The van der Waals surface area contributed by atoms with E-state index in [1.165, 1.54) is 30.2 Å². The molecule has 0 atom stereocenters. The molecule has 0 spiro atoms. The van der Waals surface area contributed by atoms with Crippen molar-refractivity contribution in [2.24, 2.45) is 10.4 Å². The molecule has 1 aliphatic rings. The fourth-order valence-electron chi connectivity index (χ4n) is 7.21. The number of hydrogen-bond acceptors (Lipinski definition) is 10. The van der Waals surface area contributed by atoms with E-state index in [0.717, 1.165) is 11.3 Å². The molecule has 0 radical (unpaired) electrons. The number of isothiocyanates is 1. The molecule has 0 unspecified atom stereocenters. The minimum atomic E-state index is -1.13. The number of rotatable bonds is 8. The summed E-state index contributed by atoms with van der Waals surface area (Å²) in [5.74, 6) is -1.08. The second kappa shape index (κ2) is 20.2. The van der Waals surface area contributed by atoms with Crippen molar-refractivity contribution < 1.29 is 23.1 Å². The molecule has 14 nitrogen and oxygen atoms in total. The minimum absolute atomic E-state index is 0.0224. The zero-order chi connectivity index (χ0) is 48.8. The maximum Gasteiger partial charge on any atom is 0.311 e. The third-order valence-corrected chi connectivity index (χ3v) is 11.1. The van der Waals surface area contributed by atoms with Gasteiger partial charge in [0, 0.05) is 24.2 Å². The summed E-state index contributed by atoms with van der Waals surface area (Å²) in [6, 6.07) is 15.9. The number of nitrogens with one attached hydrogen (secondary N) is 2. The van der Waals surface area contributed by atoms with Gasteiger partial charge >= 0.3 is 5.97 Å². The second-order valence-electron chi connectivity index (χ2n) is 16.3. The maximum atomic E-state index is 15.0. The highest BCUT2D eigenvalue weighted by molar-refractivity contribution is 7.81. The third kappa shape index (κ3) is 10.3. The van der Waals surface area contributed by atoms with Crippen LogP contribution in [-0.2, 0) is 33.6 Å². The molecule has 1 fully saturated rings. The van der Waals surface area contributed by atoms with E-state index in [4.69, 9.17) is 30.1 Å². The molecule has 6 aromatic rings. The van der Waals surface area contributed by atoms with E-state index >= 15 is 4.39 Å². The predicted octanol–water partition coefficient (Wildman–Crippen LogP) is 10.0. The van der Waals surface area contributed by atoms with E-state index in [0.29, 0.717) is 52.7 Å². The molecular formula is C48H45F2N9O5S2. The quantitative estimate of drug-likeness (QED) is 0.0650. The molecular weight excluding hydrogens is 885 g/mol. The Morgan fingerprint density at radius 2 is 1.38 bits per heavy atom. The molecule has 0 aliphatic carbocycles. The summed E-state index contributed by atoms with van der Waals surface area (Å²) < 4.78 is 34.0. The third-order valence-electron chi connectivity index (χ3n) is 10.7. The van der Waals surface area contributed by atoms with Gasteiger partial charge in [-0.05, 0) is 138 Å². The van der Waals surface area contributed by atoms with Gasteiger partial charge in [-0.15, -0.1) is 0 Å². The Balaban J connectivity index is 0.000000207. The average molecular weight is 930 g/mol. The largest absolute Gasteiger partial charge is 0.469 e. The number of fused-ring (bicyclic) bond motifs is 2. The summed E-state index contributed by atoms with van der Waals surface area (Å²) in [5.41, 5.74) is 2.13. The molecule has 3 heterocycles. The van der Waals surface area contributed by atoms with Gasteiger partial charge in [-0.2, -0.15) is 4.99 Å². The van der Waals surface area contributed by atoms with Crippen LogP contribution in [-0.4, -0.2) is 54.7 Å². The van der Waals surface area contributed by atoms with Crippen molar-refractivity contribution >= 4 is 96.8 Å². The van der Waals surface area contributed by atoms with E-state index in [9.17, 15) is 23.6 Å². The average Bonchev–Trinajstić information content (AvgIpc) is 3.45. The summed E-state index contributed by atoms with van der Waals surface area (Å²) in [4.78, 5) is 76.8. The number of amides is 1. The number of ether oxygens (including phenoxy) is 1. The first-order valence-electron chi connectivity index (χ1n) is 20.4. The number of thiocarbonyl (C=S) groups is 2. The Morgan fingerprint density at radius 3 is 1.88 bits per heavy atom. The summed E-state index contributed by atoms with van der Waals surface area (Å²) >= 11 is 10.1. The lowest BCUT2D eigenvalue weighted by Crippen LogP contribution is -2.44. The van der Waals surface area contributed by atoms with Gasteiger partial charge in [0.25, 0.3) is 17.0 Å². The van der Waals surface area contributed by atoms with Gasteiger partial charge in [-0.25, -0.2) is 28.4 Å². The van der Waals surface area contributed by atoms with Crippen molar-refractivity contribution in [3.05, 3.63) is 144 Å². The number of carbonyl (C=O) groups excluding carboxylic acids is 2. The van der Waals surface area contributed by atoms with Crippen LogP contribution in [0.2, 0.25) is 0 Å². The van der Waals surface area contributed by atoms with E-state index in [1.54, 1.807) is 75.9 Å². The molecule has 1 saturated heterocycles. The fourth-order valence-corrected chi connectivity index (χ4v) is 7.84. The number of halogens is 2. The molecule has 2 N–H and O–H groups in total. The normalized spacial score (nSPS) is 12.9. The van der Waals surface area contributed by atoms with Crippen LogP contribution in [0.15, 0.2) is 75.2 Å². The number of esters is 1. The van der Waals surface area contributed by atoms with Crippen LogP contribution in [0.25, 0.3) is 31.5 Å². The highest BCUT2D eigenvalue weighted by Gasteiger charge is 2.50. The van der Waals surface area contributed by atoms with Gasteiger partial charge in [0.15, 0.2) is 22.3 Å². The Kier molecular flexibility index (Phi) is 15.2. The monoisotopic (exact) mass is 929 g/mol. The lowest BCUT2D eigenvalue weighted by molar-refractivity contribution is -0.150. The number of nitrogens with zero attached hydrogens (tertiary/aromatic N) is 7. The number of benzene rings is 4. The highest BCUT2D eigenvalue weighted by Crippen LogP contribution is 2.39. The number of methoxy groups -OCH3 is 1. The van der Waals surface area contributed by atoms with E-state index in [-0.39, 0.29) is 56.5 Å². The van der Waals surface area contributed by atoms with Crippen LogP contribution < -0.4 is 20.9 Å². The van der Waals surface area contributed by atoms with Crippen molar-refractivity contribution in [2.45, 2.75) is 80.2 Å². The van der Waals surface area contributed by atoms with E-state index in [1.807, 2.05) is 26.8 Å². The molecule has 2 aromatic heterocycles. The van der Waals surface area contributed by atoms with Crippen molar-refractivity contribution in [3.8, 4) is 0 Å². The van der Waals surface area contributed by atoms with Crippen LogP contribution in [0.4, 0.5) is 37.2 Å². The Bertz CT molecular complexity index is 3200. The highest BCUT2D eigenvalue weighted by atomic mass is 32.1. The van der Waals surface area contributed by atoms with Crippen molar-refractivity contribution in [1.82, 2.24) is 19.9 Å². The van der Waals surface area contributed by atoms with Crippen molar-refractivity contribution in [1.29, 1.82) is 0 Å². The van der Waals surface area contributed by atoms with Gasteiger partial charge < -0.3 is 19.6 Å². The van der Waals surface area contributed by atoms with Crippen molar-refractivity contribution in [2.75, 3.05) is 16.9 Å². The van der Waals surface area contributed by atoms with Crippen LogP contribution in [0.1, 0.15) is 69.9 Å². The first-order chi connectivity index (χ1) is 31.1. The summed E-state index contributed by atoms with van der Waals surface area (Å²) in [7, 11) is 1.31. The molecule has 0 saturated carbocycles. The van der Waals surface area contributed by atoms with Gasteiger partial charge in [0.2, 0.25) is 0 Å². The number of aliphatic imine (C=N–C) groups is 1. The smallest absolute Gasteiger partial charge is 0.311 e. The Labute approximate surface area is 390 Å². The lowest BCUT2D eigenvalue weighted by Gasteiger charge is -2.29. The number of hydrogen-bond donors (Lipinski definition) is 2. The van der Waals surface area contributed by atoms with Gasteiger partial charge in [-0.3, -0.25) is 24.1 Å². The summed E-state index contributed by atoms with van der Waals surface area (Å²) in [6.07, 6.45) is 1.24. The van der Waals surface area contributed by atoms with Crippen LogP contribution in [0.3, 0.4) is 0 Å². The number of carbonyl (C=O) groups is 2. The zero-order valence-electron chi connectivity index (χ0n) is 37.6. The molecule has 4 aromatic carbocycles. The summed E-state index contributed by atoms with van der Waals surface area (Å²) in [6.45, 7) is 28.1. The number of H-pyrrole nitrogens is 2. The van der Waals surface area contributed by atoms with Crippen LogP contribution in [0, 0.1) is 44.0 Å². The number of aromatic nitrogens is 4. The molecule has 1 aliphatic heterocycles. The first-order valence-corrected chi connectivity index (χ1v) is 21.2. The molecule has 338 valence electrons. The van der Waals surface area contributed by atoms with Gasteiger partial charge in [0.05, 0.1) is 47.3 Å². The SMILES string of the molecule is CCc1nc2c(F)cc(CC(C)(C)C(=O)OC)cc2c(=O)[nH]1.[C-]#[N+]c1ccc(N2C(=O)C(C)(C)N(c3cc(F)c4nc(CC)[nH]c(=O)c4c3)C2=S)cc1C.[C-]#[N+]c1ccc(N=C=S)cc1C. The standard InChI is InChI=1S/C23H20FN5O2S.C16H19FN2O3.C9H6N2S/c1-6-18-26-19-15(20(30)27-18)10-14(11-16(19)24)29-22(32)28(21(31)23(29,3)4)13-7-8-17(25-5)12(2)9-13;1-5-12-18-13-10(14(20)19-12)6-9(7-11(13)17)8-16(2,3)15(21)22-4;1-7-5-8(11-6-12)3-4-9(7)10-2/h7-11H,6H2,1-4H3,(H,26,27,30);6-7H,5,8H2,1-4H3,(H,18,19,20);3-5H,1H3. The molecule has 66 heavy (non-hydrogen) atoms. The lowest BCUT2D eigenvalue weighted by atomic mass is 9.85. The van der Waals surface area contributed by atoms with Gasteiger partial charge in [0.1, 0.15) is 34.0 Å². The van der Waals surface area contributed by atoms with Crippen molar-refractivity contribution in [3.63, 3.8) is 0 Å². The molecule has 18 heteroatoms. The Hall–Kier alpha value is -7.37. The summed E-state index contributed by atoms with van der Waals surface area (Å²) in [5, 5.41) is 2.71. The maximum absolute atomic E-state index is 15.0. The fraction of sp³-hybridized carbons (Fsp3) is 0.292. The molecule has 1 amide bonds. The second-order valence-corrected chi connectivity index (χ2v) is 16.8. The number of anilines is 2. The molecule has 0 bridgehead atoms. The van der Waals surface area contributed by atoms with Crippen LogP contribution >= 0.6 is 24.4 Å². The first kappa shape index (κ1) is 49.6. The molecule has 7 rings (SSSR count). The Morgan fingerprint density at radius 1 is 0.848 bits per heavy atom. The number of aryl methyl sites for hydroxylation is 4. The topological polar surface area (TPSA) is 162 Å². The minimum Gasteiger partial charge on any atom is -0.469 e. The van der Waals surface area contributed by atoms with Crippen LogP contribution in [0.5, 0.6) is 0 Å². The van der Waals surface area contributed by atoms with E-state index in [2.05, 4.69) is 52.0 Å². The number of aromatic amines is 2. The zero-order valence-corrected chi connectivity index (χ0v) is 39.3. The predicted molar refractivity (Wildman–Crippen MR) is 259 cm³/mol. The van der Waals surface area contributed by atoms with E-state index < -0.39 is 28.1 Å².